The molecule has 0 saturated carbocycles. The Morgan fingerprint density at radius 3 is 2.47 bits per heavy atom. The van der Waals surface area contributed by atoms with Crippen LogP contribution in [0.4, 0.5) is 4.39 Å². The van der Waals surface area contributed by atoms with Crippen molar-refractivity contribution in [1.29, 1.82) is 0 Å². The lowest BCUT2D eigenvalue weighted by Crippen LogP contribution is -2.36. The fourth-order valence-corrected chi connectivity index (χ4v) is 1.94. The molecule has 84 valence electrons. The number of benzene rings is 1. The molecule has 0 bridgehead atoms. The third-order valence-corrected chi connectivity index (χ3v) is 3.43. The molecule has 1 atom stereocenters. The summed E-state index contributed by atoms with van der Waals surface area (Å²) in [5.41, 5.74) is 4.23. The van der Waals surface area contributed by atoms with Gasteiger partial charge in [0, 0.05) is 12.1 Å². The first-order valence-electron chi connectivity index (χ1n) is 4.77. The van der Waals surface area contributed by atoms with E-state index in [1.807, 2.05) is 0 Å². The SMILES string of the molecule is CC(C)C(F)(CN)c1cccc(Cl)c1Cl. The first-order valence-corrected chi connectivity index (χ1v) is 5.52. The van der Waals surface area contributed by atoms with Crippen LogP contribution in [0.25, 0.3) is 0 Å². The summed E-state index contributed by atoms with van der Waals surface area (Å²) < 4.78 is 14.5. The third kappa shape index (κ3) is 2.27. The average Bonchev–Trinajstić information content (AvgIpc) is 2.20. The van der Waals surface area contributed by atoms with Crippen LogP contribution in [0.3, 0.4) is 0 Å². The maximum Gasteiger partial charge on any atom is 0.151 e. The number of hydrogen-bond donors (Lipinski definition) is 1. The largest absolute Gasteiger partial charge is 0.327 e. The van der Waals surface area contributed by atoms with Gasteiger partial charge in [-0.25, -0.2) is 4.39 Å². The normalized spacial score (nSPS) is 15.4. The first-order chi connectivity index (χ1) is 6.93. The summed E-state index contributed by atoms with van der Waals surface area (Å²) in [6, 6.07) is 4.93. The van der Waals surface area contributed by atoms with Crippen molar-refractivity contribution in [2.45, 2.75) is 19.5 Å². The lowest BCUT2D eigenvalue weighted by molar-refractivity contribution is 0.109. The highest BCUT2D eigenvalue weighted by atomic mass is 35.5. The number of rotatable bonds is 3. The van der Waals surface area contributed by atoms with Gasteiger partial charge in [-0.05, 0) is 12.0 Å². The van der Waals surface area contributed by atoms with Crippen LogP contribution >= 0.6 is 23.2 Å². The van der Waals surface area contributed by atoms with Crippen LogP contribution < -0.4 is 5.73 Å². The minimum Gasteiger partial charge on any atom is -0.327 e. The summed E-state index contributed by atoms with van der Waals surface area (Å²) in [6.45, 7) is 3.43. The Labute approximate surface area is 99.4 Å². The van der Waals surface area contributed by atoms with Crippen molar-refractivity contribution in [3.8, 4) is 0 Å². The molecule has 0 aromatic heterocycles. The van der Waals surface area contributed by atoms with Gasteiger partial charge in [-0.3, -0.25) is 0 Å². The smallest absolute Gasteiger partial charge is 0.151 e. The number of halogens is 3. The van der Waals surface area contributed by atoms with Crippen LogP contribution in [-0.4, -0.2) is 6.54 Å². The van der Waals surface area contributed by atoms with Crippen molar-refractivity contribution in [2.75, 3.05) is 6.54 Å². The van der Waals surface area contributed by atoms with Crippen molar-refractivity contribution in [3.63, 3.8) is 0 Å². The predicted octanol–water partition coefficient (Wildman–Crippen LogP) is 3.77. The van der Waals surface area contributed by atoms with Crippen molar-refractivity contribution in [3.05, 3.63) is 33.8 Å². The minimum absolute atomic E-state index is 0.106. The number of alkyl halides is 1. The van der Waals surface area contributed by atoms with E-state index in [0.29, 0.717) is 10.6 Å². The van der Waals surface area contributed by atoms with Crippen LogP contribution in [0.1, 0.15) is 19.4 Å². The molecule has 2 N–H and O–H groups in total. The molecule has 0 aliphatic heterocycles. The zero-order valence-corrected chi connectivity index (χ0v) is 10.2. The summed E-state index contributed by atoms with van der Waals surface area (Å²) in [7, 11) is 0. The second kappa shape index (κ2) is 4.69. The van der Waals surface area contributed by atoms with Gasteiger partial charge in [-0.1, -0.05) is 49.2 Å². The molecule has 4 heteroatoms. The molecule has 1 aromatic carbocycles. The van der Waals surface area contributed by atoms with Crippen LogP contribution in [0.5, 0.6) is 0 Å². The Hall–Kier alpha value is -0.310. The second-order valence-electron chi connectivity index (χ2n) is 3.82. The van der Waals surface area contributed by atoms with Gasteiger partial charge in [-0.15, -0.1) is 0 Å². The molecule has 15 heavy (non-hydrogen) atoms. The van der Waals surface area contributed by atoms with Crippen LogP contribution in [0.2, 0.25) is 10.0 Å². The molecule has 0 fully saturated rings. The number of hydrogen-bond acceptors (Lipinski definition) is 1. The fourth-order valence-electron chi connectivity index (χ4n) is 1.48. The van der Waals surface area contributed by atoms with E-state index >= 15 is 0 Å². The predicted molar refractivity (Wildman–Crippen MR) is 63.1 cm³/mol. The van der Waals surface area contributed by atoms with Crippen LogP contribution in [0.15, 0.2) is 18.2 Å². The summed E-state index contributed by atoms with van der Waals surface area (Å²) in [5.74, 6) is -0.251. The van der Waals surface area contributed by atoms with Gasteiger partial charge in [0.05, 0.1) is 10.0 Å². The molecule has 0 aliphatic rings. The summed E-state index contributed by atoms with van der Waals surface area (Å²) >= 11 is 11.8. The maximum atomic E-state index is 14.5. The molecular weight excluding hydrogens is 236 g/mol. The lowest BCUT2D eigenvalue weighted by Gasteiger charge is -2.29. The fraction of sp³-hybridized carbons (Fsp3) is 0.455. The van der Waals surface area contributed by atoms with Gasteiger partial charge in [0.25, 0.3) is 0 Å². The van der Waals surface area contributed by atoms with E-state index in [1.165, 1.54) is 0 Å². The number of nitrogens with two attached hydrogens (primary N) is 1. The standard InChI is InChI=1S/C11H14Cl2FN/c1-7(2)11(14,6-15)8-4-3-5-9(12)10(8)13/h3-5,7H,6,15H2,1-2H3. The van der Waals surface area contributed by atoms with Crippen molar-refractivity contribution < 1.29 is 4.39 Å². The van der Waals surface area contributed by atoms with Crippen molar-refractivity contribution in [1.82, 2.24) is 0 Å². The molecule has 0 amide bonds. The Morgan fingerprint density at radius 1 is 1.40 bits per heavy atom. The third-order valence-electron chi connectivity index (χ3n) is 2.61. The summed E-state index contributed by atoms with van der Waals surface area (Å²) in [4.78, 5) is 0. The Bertz CT molecular complexity index is 354. The Balaban J connectivity index is 3.30. The van der Waals surface area contributed by atoms with Gasteiger partial charge in [0.2, 0.25) is 0 Å². The van der Waals surface area contributed by atoms with E-state index in [4.69, 9.17) is 28.9 Å². The molecule has 0 radical (unpaired) electrons. The van der Waals surface area contributed by atoms with Gasteiger partial charge in [0.15, 0.2) is 5.67 Å². The zero-order chi connectivity index (χ0) is 11.6. The monoisotopic (exact) mass is 249 g/mol. The van der Waals surface area contributed by atoms with Gasteiger partial charge < -0.3 is 5.73 Å². The minimum atomic E-state index is -1.62. The lowest BCUT2D eigenvalue weighted by atomic mass is 9.85. The molecule has 1 aromatic rings. The van der Waals surface area contributed by atoms with Gasteiger partial charge in [-0.2, -0.15) is 0 Å². The van der Waals surface area contributed by atoms with E-state index in [9.17, 15) is 4.39 Å². The van der Waals surface area contributed by atoms with E-state index < -0.39 is 5.67 Å². The average molecular weight is 250 g/mol. The molecular formula is C11H14Cl2FN. The van der Waals surface area contributed by atoms with Crippen LogP contribution in [-0.2, 0) is 5.67 Å². The molecule has 0 spiro atoms. The molecule has 1 nitrogen and oxygen atoms in total. The van der Waals surface area contributed by atoms with Gasteiger partial charge in [0.1, 0.15) is 0 Å². The zero-order valence-electron chi connectivity index (χ0n) is 8.73. The van der Waals surface area contributed by atoms with Crippen molar-refractivity contribution >= 4 is 23.2 Å². The highest BCUT2D eigenvalue weighted by Gasteiger charge is 2.36. The Morgan fingerprint density at radius 2 is 2.00 bits per heavy atom. The van der Waals surface area contributed by atoms with E-state index in [-0.39, 0.29) is 17.5 Å². The van der Waals surface area contributed by atoms with E-state index in [1.54, 1.807) is 32.0 Å². The molecule has 0 heterocycles. The molecule has 0 aliphatic carbocycles. The highest BCUT2D eigenvalue weighted by Crippen LogP contribution is 2.39. The van der Waals surface area contributed by atoms with Crippen LogP contribution in [0, 0.1) is 5.92 Å². The van der Waals surface area contributed by atoms with E-state index in [0.717, 1.165) is 0 Å². The maximum absolute atomic E-state index is 14.5. The highest BCUT2D eigenvalue weighted by molar-refractivity contribution is 6.42. The summed E-state index contributed by atoms with van der Waals surface area (Å²) in [6.07, 6.45) is 0. The second-order valence-corrected chi connectivity index (χ2v) is 4.61. The molecule has 1 unspecified atom stereocenters. The Kier molecular flexibility index (Phi) is 3.99. The topological polar surface area (TPSA) is 26.0 Å². The quantitative estimate of drug-likeness (QED) is 0.868. The van der Waals surface area contributed by atoms with E-state index in [2.05, 4.69) is 0 Å². The first kappa shape index (κ1) is 12.8. The van der Waals surface area contributed by atoms with Gasteiger partial charge >= 0.3 is 0 Å². The molecule has 1 rings (SSSR count). The summed E-state index contributed by atoms with van der Waals surface area (Å²) in [5, 5.41) is 0.603. The molecule has 0 saturated heterocycles. The van der Waals surface area contributed by atoms with Crippen molar-refractivity contribution in [2.24, 2.45) is 11.7 Å².